The maximum Gasteiger partial charge on any atom is 0.239 e. The van der Waals surface area contributed by atoms with E-state index in [1.807, 2.05) is 13.8 Å². The van der Waals surface area contributed by atoms with Gasteiger partial charge in [0.15, 0.2) is 0 Å². The number of aromatic nitrogens is 1. The van der Waals surface area contributed by atoms with Gasteiger partial charge in [-0.05, 0) is 30.9 Å². The van der Waals surface area contributed by atoms with Gasteiger partial charge in [-0.15, -0.1) is 0 Å². The summed E-state index contributed by atoms with van der Waals surface area (Å²) in [5.41, 5.74) is 5.94. The Balaban J connectivity index is 1.96. The molecule has 0 saturated carbocycles. The van der Waals surface area contributed by atoms with Gasteiger partial charge in [-0.3, -0.25) is 9.59 Å². The van der Waals surface area contributed by atoms with Crippen LogP contribution >= 0.6 is 11.6 Å². The fourth-order valence-corrected chi connectivity index (χ4v) is 2.68. The molecule has 0 spiro atoms. The summed E-state index contributed by atoms with van der Waals surface area (Å²) in [6.45, 7) is 4.90. The van der Waals surface area contributed by atoms with Crippen molar-refractivity contribution in [1.82, 2.24) is 9.88 Å². The van der Waals surface area contributed by atoms with Crippen LogP contribution in [0.3, 0.4) is 0 Å². The first-order chi connectivity index (χ1) is 10.9. The number of nitrogens with zero attached hydrogens (tertiary/aromatic N) is 2. The minimum absolute atomic E-state index is 0.0787. The lowest BCUT2D eigenvalue weighted by molar-refractivity contribution is -0.136. The molecular weight excluding hydrogens is 316 g/mol. The molecule has 7 heteroatoms. The molecule has 6 nitrogen and oxygen atoms in total. The van der Waals surface area contributed by atoms with Crippen LogP contribution in [0.1, 0.15) is 26.7 Å². The first kappa shape index (κ1) is 17.7. The van der Waals surface area contributed by atoms with Crippen molar-refractivity contribution >= 4 is 29.2 Å². The Labute approximate surface area is 141 Å². The first-order valence-electron chi connectivity index (χ1n) is 7.85. The van der Waals surface area contributed by atoms with E-state index in [0.717, 1.165) is 12.8 Å². The molecule has 126 valence electrons. The molecule has 2 atom stereocenters. The van der Waals surface area contributed by atoms with Crippen LogP contribution in [0.25, 0.3) is 0 Å². The number of hydrogen-bond acceptors (Lipinski definition) is 4. The van der Waals surface area contributed by atoms with Crippen molar-refractivity contribution in [2.24, 2.45) is 17.6 Å². The van der Waals surface area contributed by atoms with E-state index < -0.39 is 6.04 Å². The number of amides is 2. The van der Waals surface area contributed by atoms with E-state index in [1.165, 1.54) is 6.20 Å². The van der Waals surface area contributed by atoms with Gasteiger partial charge in [0.25, 0.3) is 0 Å². The summed E-state index contributed by atoms with van der Waals surface area (Å²) in [7, 11) is 0. The lowest BCUT2D eigenvalue weighted by Gasteiger charge is -2.34. The zero-order valence-corrected chi connectivity index (χ0v) is 14.2. The van der Waals surface area contributed by atoms with E-state index in [9.17, 15) is 9.59 Å². The molecular formula is C16H23ClN4O2. The number of carbonyl (C=O) groups excluding carboxylic acids is 2. The molecule has 1 aliphatic heterocycles. The fraction of sp³-hybridized carbons (Fsp3) is 0.562. The third kappa shape index (κ3) is 4.65. The standard InChI is InChI=1S/C16H23ClN4O2/c1-10(2)14(18)16(23)21-7-3-4-11(9-21)15(22)20-13-6-5-12(17)8-19-13/h5-6,8,10-11,14H,3-4,7,9,18H2,1-2H3,(H,19,20,22)/t11?,14-/m0/s1. The second-order valence-electron chi connectivity index (χ2n) is 6.24. The minimum Gasteiger partial charge on any atom is -0.341 e. The Kier molecular flexibility index (Phi) is 5.96. The molecule has 1 aromatic heterocycles. The predicted molar refractivity (Wildman–Crippen MR) is 90.0 cm³/mol. The van der Waals surface area contributed by atoms with Crippen LogP contribution in [-0.2, 0) is 9.59 Å². The van der Waals surface area contributed by atoms with Crippen molar-refractivity contribution in [3.63, 3.8) is 0 Å². The van der Waals surface area contributed by atoms with Crippen LogP contribution in [0.15, 0.2) is 18.3 Å². The van der Waals surface area contributed by atoms with Crippen LogP contribution in [0.2, 0.25) is 5.02 Å². The molecule has 0 radical (unpaired) electrons. The van der Waals surface area contributed by atoms with Crippen molar-refractivity contribution in [2.75, 3.05) is 18.4 Å². The SMILES string of the molecule is CC(C)[C@H](N)C(=O)N1CCCC(C(=O)Nc2ccc(Cl)cn2)C1. The van der Waals surface area contributed by atoms with Crippen LogP contribution in [0.4, 0.5) is 5.82 Å². The average Bonchev–Trinajstić information content (AvgIpc) is 2.55. The molecule has 2 heterocycles. The normalized spacial score (nSPS) is 19.5. The molecule has 1 aromatic rings. The summed E-state index contributed by atoms with van der Waals surface area (Å²) in [4.78, 5) is 30.5. The summed E-state index contributed by atoms with van der Waals surface area (Å²) in [6.07, 6.45) is 3.03. The summed E-state index contributed by atoms with van der Waals surface area (Å²) in [5.74, 6) is 0.0822. The molecule has 0 aliphatic carbocycles. The van der Waals surface area contributed by atoms with E-state index >= 15 is 0 Å². The number of nitrogens with one attached hydrogen (secondary N) is 1. The maximum absolute atomic E-state index is 12.4. The van der Waals surface area contributed by atoms with Crippen molar-refractivity contribution in [2.45, 2.75) is 32.7 Å². The van der Waals surface area contributed by atoms with E-state index in [2.05, 4.69) is 10.3 Å². The Hall–Kier alpha value is -1.66. The van der Waals surface area contributed by atoms with Crippen LogP contribution in [-0.4, -0.2) is 40.8 Å². The van der Waals surface area contributed by atoms with E-state index in [0.29, 0.717) is 23.9 Å². The van der Waals surface area contributed by atoms with Crippen molar-refractivity contribution in [3.8, 4) is 0 Å². The van der Waals surface area contributed by atoms with Gasteiger partial charge in [0.05, 0.1) is 17.0 Å². The second-order valence-corrected chi connectivity index (χ2v) is 6.68. The predicted octanol–water partition coefficient (Wildman–Crippen LogP) is 1.90. The van der Waals surface area contributed by atoms with E-state index in [4.69, 9.17) is 17.3 Å². The fourth-order valence-electron chi connectivity index (χ4n) is 2.57. The summed E-state index contributed by atoms with van der Waals surface area (Å²) >= 11 is 5.77. The van der Waals surface area contributed by atoms with E-state index in [-0.39, 0.29) is 23.7 Å². The third-order valence-corrected chi connectivity index (χ3v) is 4.31. The number of nitrogens with two attached hydrogens (primary N) is 1. The maximum atomic E-state index is 12.4. The van der Waals surface area contributed by atoms with Gasteiger partial charge in [-0.1, -0.05) is 25.4 Å². The van der Waals surface area contributed by atoms with Gasteiger partial charge in [-0.25, -0.2) is 4.98 Å². The Morgan fingerprint density at radius 2 is 2.17 bits per heavy atom. The monoisotopic (exact) mass is 338 g/mol. The Morgan fingerprint density at radius 1 is 1.43 bits per heavy atom. The van der Waals surface area contributed by atoms with Crippen LogP contribution in [0.5, 0.6) is 0 Å². The molecule has 2 rings (SSSR count). The molecule has 2 amide bonds. The largest absolute Gasteiger partial charge is 0.341 e. The molecule has 0 aromatic carbocycles. The highest BCUT2D eigenvalue weighted by Gasteiger charge is 2.31. The minimum atomic E-state index is -0.519. The number of carbonyl (C=O) groups is 2. The highest BCUT2D eigenvalue weighted by molar-refractivity contribution is 6.30. The Bertz CT molecular complexity index is 562. The smallest absolute Gasteiger partial charge is 0.239 e. The van der Waals surface area contributed by atoms with Crippen LogP contribution in [0, 0.1) is 11.8 Å². The zero-order valence-electron chi connectivity index (χ0n) is 13.5. The number of rotatable bonds is 4. The number of pyridine rings is 1. The molecule has 3 N–H and O–H groups in total. The molecule has 1 unspecified atom stereocenters. The lowest BCUT2D eigenvalue weighted by Crippen LogP contribution is -2.51. The second kappa shape index (κ2) is 7.75. The van der Waals surface area contributed by atoms with Crippen molar-refractivity contribution < 1.29 is 9.59 Å². The number of anilines is 1. The van der Waals surface area contributed by atoms with Gasteiger partial charge in [0.1, 0.15) is 5.82 Å². The number of piperidine rings is 1. The topological polar surface area (TPSA) is 88.3 Å². The summed E-state index contributed by atoms with van der Waals surface area (Å²) < 4.78 is 0. The first-order valence-corrected chi connectivity index (χ1v) is 8.23. The van der Waals surface area contributed by atoms with Gasteiger partial charge < -0.3 is 16.0 Å². The third-order valence-electron chi connectivity index (χ3n) is 4.09. The molecule has 1 saturated heterocycles. The Morgan fingerprint density at radius 3 is 2.78 bits per heavy atom. The lowest BCUT2D eigenvalue weighted by atomic mass is 9.95. The summed E-state index contributed by atoms with van der Waals surface area (Å²) in [6, 6.07) is 2.80. The highest BCUT2D eigenvalue weighted by Crippen LogP contribution is 2.20. The number of halogens is 1. The quantitative estimate of drug-likeness (QED) is 0.877. The summed E-state index contributed by atoms with van der Waals surface area (Å²) in [5, 5.41) is 3.29. The van der Waals surface area contributed by atoms with Crippen molar-refractivity contribution in [3.05, 3.63) is 23.4 Å². The molecule has 23 heavy (non-hydrogen) atoms. The molecule has 1 fully saturated rings. The van der Waals surface area contributed by atoms with Gasteiger partial charge in [0, 0.05) is 19.3 Å². The van der Waals surface area contributed by atoms with E-state index in [1.54, 1.807) is 17.0 Å². The van der Waals surface area contributed by atoms with Crippen LogP contribution < -0.4 is 11.1 Å². The number of hydrogen-bond donors (Lipinski definition) is 2. The zero-order chi connectivity index (χ0) is 17.0. The van der Waals surface area contributed by atoms with Gasteiger partial charge in [0.2, 0.25) is 11.8 Å². The highest BCUT2D eigenvalue weighted by atomic mass is 35.5. The van der Waals surface area contributed by atoms with Gasteiger partial charge >= 0.3 is 0 Å². The number of likely N-dealkylation sites (tertiary alicyclic amines) is 1. The molecule has 0 bridgehead atoms. The van der Waals surface area contributed by atoms with Crippen molar-refractivity contribution in [1.29, 1.82) is 0 Å². The average molecular weight is 339 g/mol. The molecule has 1 aliphatic rings. The van der Waals surface area contributed by atoms with Gasteiger partial charge in [-0.2, -0.15) is 0 Å².